The molecular weight excluding hydrogens is 422 g/mol. The highest BCUT2D eigenvalue weighted by Crippen LogP contribution is 2.21. The van der Waals surface area contributed by atoms with E-state index in [1.165, 1.54) is 42.5 Å². The van der Waals surface area contributed by atoms with Crippen molar-refractivity contribution in [3.8, 4) is 5.75 Å². The number of nitrogens with zero attached hydrogens (tertiary/aromatic N) is 6. The minimum Gasteiger partial charge on any atom is -0.496 e. The van der Waals surface area contributed by atoms with Crippen molar-refractivity contribution < 1.29 is 19.4 Å². The average Bonchev–Trinajstić information content (AvgIpc) is 3.23. The Balaban J connectivity index is 1.73. The number of hydrogen-bond acceptors (Lipinski definition) is 9. The number of ether oxygens (including phenoxy) is 1. The Kier molecular flexibility index (Phi) is 6.48. The minimum atomic E-state index is -0.692. The molecule has 164 valence electrons. The Morgan fingerprint density at radius 2 is 2.00 bits per heavy atom. The number of aromatic nitrogens is 3. The molecule has 0 bridgehead atoms. The molecule has 0 fully saturated rings. The van der Waals surface area contributed by atoms with Gasteiger partial charge in [-0.1, -0.05) is 11.1 Å². The van der Waals surface area contributed by atoms with Gasteiger partial charge in [0.2, 0.25) is 6.33 Å². The number of benzene rings is 2. The van der Waals surface area contributed by atoms with E-state index in [2.05, 4.69) is 20.6 Å². The number of hydrogen-bond donors (Lipinski definition) is 1. The molecule has 1 N–H and O–H groups in total. The van der Waals surface area contributed by atoms with Crippen molar-refractivity contribution in [3.05, 3.63) is 85.2 Å². The van der Waals surface area contributed by atoms with Crippen LogP contribution >= 0.6 is 0 Å². The second kappa shape index (κ2) is 9.42. The smallest absolute Gasteiger partial charge is 0.490 e. The Hall–Kier alpha value is -4.68. The van der Waals surface area contributed by atoms with Crippen LogP contribution < -0.4 is 10.2 Å². The Morgan fingerprint density at radius 1 is 1.22 bits per heavy atom. The Labute approximate surface area is 180 Å². The van der Waals surface area contributed by atoms with Gasteiger partial charge in [0.25, 0.3) is 11.6 Å². The van der Waals surface area contributed by atoms with Crippen LogP contribution in [-0.2, 0) is 6.54 Å². The van der Waals surface area contributed by atoms with Gasteiger partial charge >= 0.3 is 5.95 Å². The van der Waals surface area contributed by atoms with Crippen molar-refractivity contribution in [1.82, 2.24) is 20.2 Å². The van der Waals surface area contributed by atoms with Crippen molar-refractivity contribution >= 4 is 23.8 Å². The lowest BCUT2D eigenvalue weighted by Crippen LogP contribution is -2.17. The fourth-order valence-electron chi connectivity index (χ4n) is 2.80. The molecule has 2 aromatic carbocycles. The van der Waals surface area contributed by atoms with Crippen LogP contribution in [0, 0.1) is 27.2 Å². The molecule has 13 nitrogen and oxygen atoms in total. The standard InChI is InChI=1S/C19H17N7O6/c1-12-3-5-14(8-16(12)25(28)29)18(27)22-21-9-13-4-6-17(32-2)15(7-13)10-24-11-20-19(23-24)26(30)31/h3-9,11H,10H2,1-2H3,(H,22,27). The zero-order chi connectivity index (χ0) is 23.3. The summed E-state index contributed by atoms with van der Waals surface area (Å²) in [5.74, 6) is -0.593. The van der Waals surface area contributed by atoms with E-state index < -0.39 is 21.7 Å². The number of amides is 1. The van der Waals surface area contributed by atoms with Crippen molar-refractivity contribution in [1.29, 1.82) is 0 Å². The van der Waals surface area contributed by atoms with E-state index in [1.807, 2.05) is 0 Å². The highest BCUT2D eigenvalue weighted by atomic mass is 16.6. The number of carbonyl (C=O) groups is 1. The van der Waals surface area contributed by atoms with E-state index in [0.29, 0.717) is 22.4 Å². The molecule has 0 spiro atoms. The molecule has 0 unspecified atom stereocenters. The minimum absolute atomic E-state index is 0.0997. The monoisotopic (exact) mass is 439 g/mol. The van der Waals surface area contributed by atoms with Crippen LogP contribution in [0.1, 0.15) is 27.0 Å². The second-order valence-electron chi connectivity index (χ2n) is 6.53. The molecule has 0 aliphatic rings. The number of nitro groups is 2. The summed E-state index contributed by atoms with van der Waals surface area (Å²) in [6.45, 7) is 1.74. The summed E-state index contributed by atoms with van der Waals surface area (Å²) in [6, 6.07) is 9.21. The van der Waals surface area contributed by atoms with Crippen LogP contribution in [0.4, 0.5) is 11.6 Å². The van der Waals surface area contributed by atoms with Gasteiger partial charge in [-0.05, 0) is 41.7 Å². The van der Waals surface area contributed by atoms with Crippen LogP contribution in [0.5, 0.6) is 5.75 Å². The first-order valence-corrected chi connectivity index (χ1v) is 9.07. The van der Waals surface area contributed by atoms with Gasteiger partial charge in [-0.3, -0.25) is 14.9 Å². The number of hydrazone groups is 1. The summed E-state index contributed by atoms with van der Waals surface area (Å²) < 4.78 is 6.60. The van der Waals surface area contributed by atoms with Crippen LogP contribution in [0.3, 0.4) is 0 Å². The molecule has 1 heterocycles. The lowest BCUT2D eigenvalue weighted by molar-refractivity contribution is -0.394. The van der Waals surface area contributed by atoms with E-state index >= 15 is 0 Å². The molecule has 1 aromatic heterocycles. The molecular formula is C19H17N7O6. The fourth-order valence-corrected chi connectivity index (χ4v) is 2.80. The van der Waals surface area contributed by atoms with Crippen molar-refractivity contribution in [2.75, 3.05) is 7.11 Å². The van der Waals surface area contributed by atoms with E-state index in [9.17, 15) is 25.0 Å². The molecule has 0 saturated heterocycles. The lowest BCUT2D eigenvalue weighted by Gasteiger charge is -2.08. The van der Waals surface area contributed by atoms with Crippen molar-refractivity contribution in [2.45, 2.75) is 13.5 Å². The average molecular weight is 439 g/mol. The van der Waals surface area contributed by atoms with Crippen LogP contribution in [0.25, 0.3) is 0 Å². The Bertz CT molecular complexity index is 1220. The summed E-state index contributed by atoms with van der Waals surface area (Å²) in [7, 11) is 1.48. The van der Waals surface area contributed by atoms with E-state index in [0.717, 1.165) is 0 Å². The number of carbonyl (C=O) groups excluding carboxylic acids is 1. The quantitative estimate of drug-likeness (QED) is 0.316. The van der Waals surface area contributed by atoms with Crippen molar-refractivity contribution in [3.63, 3.8) is 0 Å². The van der Waals surface area contributed by atoms with Gasteiger partial charge in [-0.15, -0.1) is 0 Å². The van der Waals surface area contributed by atoms with Crippen LogP contribution in [0.2, 0.25) is 0 Å². The molecule has 0 atom stereocenters. The zero-order valence-electron chi connectivity index (χ0n) is 17.0. The first-order chi connectivity index (χ1) is 15.3. The topological polar surface area (TPSA) is 168 Å². The van der Waals surface area contributed by atoms with Gasteiger partial charge in [0.15, 0.2) is 0 Å². The van der Waals surface area contributed by atoms with Gasteiger partial charge in [0.1, 0.15) is 5.75 Å². The summed E-state index contributed by atoms with van der Waals surface area (Å²) >= 11 is 0. The molecule has 0 aliphatic carbocycles. The van der Waals surface area contributed by atoms with Gasteiger partial charge < -0.3 is 14.9 Å². The molecule has 3 aromatic rings. The first kappa shape index (κ1) is 22.0. The largest absolute Gasteiger partial charge is 0.496 e. The first-order valence-electron chi connectivity index (χ1n) is 9.07. The third kappa shape index (κ3) is 5.08. The van der Waals surface area contributed by atoms with Gasteiger partial charge in [0.05, 0.1) is 24.8 Å². The number of methoxy groups -OCH3 is 1. The molecule has 32 heavy (non-hydrogen) atoms. The highest BCUT2D eigenvalue weighted by Gasteiger charge is 2.16. The number of nitrogens with one attached hydrogen (secondary N) is 1. The lowest BCUT2D eigenvalue weighted by atomic mass is 10.1. The number of rotatable bonds is 8. The highest BCUT2D eigenvalue weighted by molar-refractivity contribution is 5.95. The number of aryl methyl sites for hydroxylation is 1. The maximum atomic E-state index is 12.2. The summed E-state index contributed by atoms with van der Waals surface area (Å²) in [6.07, 6.45) is 2.62. The Morgan fingerprint density at radius 3 is 2.66 bits per heavy atom. The third-order valence-corrected chi connectivity index (χ3v) is 4.37. The second-order valence-corrected chi connectivity index (χ2v) is 6.53. The molecule has 0 aliphatic heterocycles. The van der Waals surface area contributed by atoms with Crippen LogP contribution in [0.15, 0.2) is 47.8 Å². The maximum absolute atomic E-state index is 12.2. The van der Waals surface area contributed by atoms with Gasteiger partial charge in [0, 0.05) is 27.9 Å². The van der Waals surface area contributed by atoms with E-state index in [-0.39, 0.29) is 17.8 Å². The van der Waals surface area contributed by atoms with Crippen molar-refractivity contribution in [2.24, 2.45) is 5.10 Å². The number of nitro benzene ring substituents is 1. The summed E-state index contributed by atoms with van der Waals surface area (Å²) in [5, 5.41) is 29.4. The predicted molar refractivity (Wildman–Crippen MR) is 112 cm³/mol. The molecule has 3 rings (SSSR count). The van der Waals surface area contributed by atoms with E-state index in [1.54, 1.807) is 25.1 Å². The summed E-state index contributed by atoms with van der Waals surface area (Å²) in [4.78, 5) is 36.4. The van der Waals surface area contributed by atoms with Crippen LogP contribution in [-0.4, -0.2) is 43.8 Å². The van der Waals surface area contributed by atoms with Gasteiger partial charge in [-0.25, -0.2) is 5.43 Å². The SMILES string of the molecule is COc1ccc(C=NNC(=O)c2ccc(C)c([N+](=O)[O-])c2)cc1Cn1cnc([N+](=O)[O-])n1. The van der Waals surface area contributed by atoms with Gasteiger partial charge in [-0.2, -0.15) is 9.78 Å². The van der Waals surface area contributed by atoms with E-state index in [4.69, 9.17) is 4.74 Å². The molecule has 13 heteroatoms. The predicted octanol–water partition coefficient (Wildman–Crippen LogP) is 2.22. The maximum Gasteiger partial charge on any atom is 0.490 e. The summed E-state index contributed by atoms with van der Waals surface area (Å²) in [5.41, 5.74) is 3.96. The molecule has 0 radical (unpaired) electrons. The molecule has 0 saturated carbocycles. The fraction of sp³-hybridized carbons (Fsp3) is 0.158. The third-order valence-electron chi connectivity index (χ3n) is 4.37. The molecule has 1 amide bonds. The normalized spacial score (nSPS) is 10.8. The zero-order valence-corrected chi connectivity index (χ0v) is 17.0.